The van der Waals surface area contributed by atoms with E-state index >= 15 is 0 Å². The van der Waals surface area contributed by atoms with Crippen LogP contribution in [0.2, 0.25) is 0 Å². The summed E-state index contributed by atoms with van der Waals surface area (Å²) >= 11 is 1.73. The first-order chi connectivity index (χ1) is 17.7. The molecule has 5 aromatic rings. The third kappa shape index (κ3) is 6.42. The molecule has 36 heavy (non-hydrogen) atoms. The van der Waals surface area contributed by atoms with Gasteiger partial charge in [-0.1, -0.05) is 60.7 Å². The summed E-state index contributed by atoms with van der Waals surface area (Å²) in [5, 5.41) is 2.21. The number of ether oxygens (including phenoxy) is 1. The van der Waals surface area contributed by atoms with E-state index in [4.69, 9.17) is 10.5 Å². The van der Waals surface area contributed by atoms with Crippen molar-refractivity contribution in [1.82, 2.24) is 15.0 Å². The van der Waals surface area contributed by atoms with E-state index in [2.05, 4.69) is 63.5 Å². The minimum atomic E-state index is -0.118. The van der Waals surface area contributed by atoms with Crippen molar-refractivity contribution >= 4 is 34.8 Å². The molecule has 0 unspecified atom stereocenters. The number of nitrogens with one attached hydrogen (secondary N) is 1. The smallest absolute Gasteiger partial charge is 0.138 e. The van der Waals surface area contributed by atoms with Gasteiger partial charge in [0.25, 0.3) is 0 Å². The number of fused-ring (bicyclic) bond motifs is 1. The van der Waals surface area contributed by atoms with Crippen LogP contribution in [0.4, 0.5) is 0 Å². The second-order valence-corrected chi connectivity index (χ2v) is 9.62. The summed E-state index contributed by atoms with van der Waals surface area (Å²) in [6.07, 6.45) is 12.3. The minimum Gasteiger partial charge on any atom is -0.490 e. The van der Waals surface area contributed by atoms with Crippen LogP contribution < -0.4 is 10.5 Å². The van der Waals surface area contributed by atoms with E-state index in [9.17, 15) is 0 Å². The Balaban J connectivity index is 1.16. The Morgan fingerprint density at radius 3 is 2.69 bits per heavy atom. The summed E-state index contributed by atoms with van der Waals surface area (Å²) in [4.78, 5) is 12.1. The highest BCUT2D eigenvalue weighted by Crippen LogP contribution is 2.23. The van der Waals surface area contributed by atoms with Crippen LogP contribution in [0.5, 0.6) is 5.75 Å². The molecule has 3 N–H and O–H groups in total. The lowest BCUT2D eigenvalue weighted by Crippen LogP contribution is -2.30. The van der Waals surface area contributed by atoms with Gasteiger partial charge in [-0.3, -0.25) is 4.98 Å². The van der Waals surface area contributed by atoms with Crippen LogP contribution in [-0.2, 0) is 12.2 Å². The lowest BCUT2D eigenvalue weighted by Gasteiger charge is -2.13. The molecule has 180 valence electrons. The number of aromatic nitrogens is 3. The maximum Gasteiger partial charge on any atom is 0.138 e. The maximum absolute atomic E-state index is 6.37. The molecule has 6 heteroatoms. The van der Waals surface area contributed by atoms with Crippen LogP contribution >= 0.6 is 11.8 Å². The van der Waals surface area contributed by atoms with Gasteiger partial charge >= 0.3 is 0 Å². The van der Waals surface area contributed by atoms with Gasteiger partial charge in [0.05, 0.1) is 11.2 Å². The molecule has 0 saturated carbocycles. The molecule has 0 amide bonds. The van der Waals surface area contributed by atoms with Gasteiger partial charge in [0.2, 0.25) is 0 Å². The molecule has 2 aromatic carbocycles. The van der Waals surface area contributed by atoms with E-state index in [1.807, 2.05) is 55.0 Å². The first-order valence-corrected chi connectivity index (χ1v) is 12.9. The number of hydrogen-bond donors (Lipinski definition) is 2. The largest absolute Gasteiger partial charge is 0.490 e. The van der Waals surface area contributed by atoms with Crippen molar-refractivity contribution < 1.29 is 4.74 Å². The van der Waals surface area contributed by atoms with Crippen LogP contribution in [0.3, 0.4) is 0 Å². The average molecular weight is 493 g/mol. The van der Waals surface area contributed by atoms with Gasteiger partial charge in [-0.15, -0.1) is 11.8 Å². The Hall–Kier alpha value is -3.87. The molecular weight excluding hydrogens is 464 g/mol. The Bertz CT molecular complexity index is 1450. The van der Waals surface area contributed by atoms with Crippen molar-refractivity contribution in [3.05, 3.63) is 120 Å². The SMILES string of the molecule is N[C@H](COc1cncc(C=Cc2ccnc(SCc3ccccc3)c2)c1)Cc1c[nH]c2ccccc12. The number of nitrogens with zero attached hydrogens (tertiary/aromatic N) is 2. The second-order valence-electron chi connectivity index (χ2n) is 8.62. The van der Waals surface area contributed by atoms with Crippen LogP contribution in [-0.4, -0.2) is 27.6 Å². The summed E-state index contributed by atoms with van der Waals surface area (Å²) in [7, 11) is 0. The lowest BCUT2D eigenvalue weighted by molar-refractivity contribution is 0.287. The number of thioether (sulfide) groups is 1. The van der Waals surface area contributed by atoms with Crippen molar-refractivity contribution in [1.29, 1.82) is 0 Å². The number of rotatable bonds is 10. The van der Waals surface area contributed by atoms with E-state index in [0.29, 0.717) is 12.4 Å². The molecule has 0 spiro atoms. The van der Waals surface area contributed by atoms with Crippen LogP contribution in [0, 0.1) is 0 Å². The molecule has 3 aromatic heterocycles. The molecule has 0 aliphatic heterocycles. The van der Waals surface area contributed by atoms with E-state index in [-0.39, 0.29) is 6.04 Å². The number of para-hydroxylation sites is 1. The maximum atomic E-state index is 6.37. The predicted molar refractivity (Wildman–Crippen MR) is 149 cm³/mol. The molecular formula is C30H28N4OS. The van der Waals surface area contributed by atoms with E-state index in [0.717, 1.165) is 33.8 Å². The highest BCUT2D eigenvalue weighted by Gasteiger charge is 2.10. The molecule has 1 atom stereocenters. The quantitative estimate of drug-likeness (QED) is 0.222. The molecule has 5 nitrogen and oxygen atoms in total. The topological polar surface area (TPSA) is 76.8 Å². The number of benzene rings is 2. The van der Waals surface area contributed by atoms with Crippen molar-refractivity contribution in [3.8, 4) is 5.75 Å². The monoisotopic (exact) mass is 492 g/mol. The van der Waals surface area contributed by atoms with Gasteiger partial charge in [-0.25, -0.2) is 4.98 Å². The fraction of sp³-hybridized carbons (Fsp3) is 0.133. The molecule has 0 aliphatic carbocycles. The Morgan fingerprint density at radius 2 is 1.78 bits per heavy atom. The average Bonchev–Trinajstić information content (AvgIpc) is 3.33. The van der Waals surface area contributed by atoms with Gasteiger partial charge in [0, 0.05) is 41.3 Å². The number of H-pyrrole nitrogens is 1. The number of hydrogen-bond acceptors (Lipinski definition) is 5. The standard InChI is InChI=1S/C30H28N4OS/c31-26(16-25-18-34-29-9-5-4-8-28(25)29)20-35-27-14-24(17-32-19-27)11-10-22-12-13-33-30(15-22)36-21-23-6-2-1-3-7-23/h1-15,17-19,26,34H,16,20-21,31H2/t26-/m0/s1. The first kappa shape index (κ1) is 23.9. The number of aromatic amines is 1. The lowest BCUT2D eigenvalue weighted by atomic mass is 10.1. The predicted octanol–water partition coefficient (Wildman–Crippen LogP) is 6.37. The zero-order valence-electron chi connectivity index (χ0n) is 19.9. The van der Waals surface area contributed by atoms with E-state index in [1.165, 1.54) is 16.5 Å². The zero-order chi connectivity index (χ0) is 24.6. The third-order valence-corrected chi connectivity index (χ3v) is 6.81. The Labute approximate surface area is 215 Å². The molecule has 0 fully saturated rings. The van der Waals surface area contributed by atoms with Crippen molar-refractivity contribution in [2.75, 3.05) is 6.61 Å². The fourth-order valence-electron chi connectivity index (χ4n) is 3.98. The van der Waals surface area contributed by atoms with Crippen molar-refractivity contribution in [3.63, 3.8) is 0 Å². The van der Waals surface area contributed by atoms with Crippen LogP contribution in [0.25, 0.3) is 23.1 Å². The minimum absolute atomic E-state index is 0.118. The van der Waals surface area contributed by atoms with Gasteiger partial charge in [-0.2, -0.15) is 0 Å². The molecule has 0 radical (unpaired) electrons. The third-order valence-electron chi connectivity index (χ3n) is 5.81. The number of nitrogens with two attached hydrogens (primary N) is 1. The van der Waals surface area contributed by atoms with Gasteiger partial charge in [0.1, 0.15) is 12.4 Å². The molecule has 0 bridgehead atoms. The van der Waals surface area contributed by atoms with E-state index < -0.39 is 0 Å². The van der Waals surface area contributed by atoms with Crippen LogP contribution in [0.1, 0.15) is 22.3 Å². The molecule has 5 rings (SSSR count). The zero-order valence-corrected chi connectivity index (χ0v) is 20.7. The van der Waals surface area contributed by atoms with Crippen LogP contribution in [0.15, 0.2) is 103 Å². The van der Waals surface area contributed by atoms with E-state index in [1.54, 1.807) is 18.0 Å². The first-order valence-electron chi connectivity index (χ1n) is 11.9. The highest BCUT2D eigenvalue weighted by molar-refractivity contribution is 7.98. The Morgan fingerprint density at radius 1 is 0.944 bits per heavy atom. The Kier molecular flexibility index (Phi) is 7.76. The highest BCUT2D eigenvalue weighted by atomic mass is 32.2. The summed E-state index contributed by atoms with van der Waals surface area (Å²) < 4.78 is 5.97. The summed E-state index contributed by atoms with van der Waals surface area (Å²) in [5.74, 6) is 1.60. The summed E-state index contributed by atoms with van der Waals surface area (Å²) in [6, 6.07) is 24.6. The van der Waals surface area contributed by atoms with Crippen molar-refractivity contribution in [2.45, 2.75) is 23.2 Å². The van der Waals surface area contributed by atoms with Gasteiger partial charge in [-0.05, 0) is 52.9 Å². The molecule has 3 heterocycles. The molecule has 0 aliphatic rings. The summed E-state index contributed by atoms with van der Waals surface area (Å²) in [6.45, 7) is 0.417. The van der Waals surface area contributed by atoms with Gasteiger partial charge in [0.15, 0.2) is 0 Å². The fourth-order valence-corrected chi connectivity index (χ4v) is 4.84. The normalized spacial score (nSPS) is 12.2. The van der Waals surface area contributed by atoms with Gasteiger partial charge < -0.3 is 15.5 Å². The second kappa shape index (κ2) is 11.7. The number of pyridine rings is 2. The molecule has 0 saturated heterocycles. The van der Waals surface area contributed by atoms with Crippen molar-refractivity contribution in [2.24, 2.45) is 5.73 Å². The summed E-state index contributed by atoms with van der Waals surface area (Å²) in [5.41, 5.74) is 12.0.